The highest BCUT2D eigenvalue weighted by Crippen LogP contribution is 2.34. The molecular weight excluding hydrogens is 426 g/mol. The fourth-order valence-corrected chi connectivity index (χ4v) is 4.39. The van der Waals surface area contributed by atoms with Crippen LogP contribution in [-0.2, 0) is 16.0 Å². The van der Waals surface area contributed by atoms with Gasteiger partial charge in [-0.25, -0.2) is 0 Å². The summed E-state index contributed by atoms with van der Waals surface area (Å²) in [6.45, 7) is 4.06. The molecule has 0 spiro atoms. The first-order valence-electron chi connectivity index (χ1n) is 10.3. The highest BCUT2D eigenvalue weighted by molar-refractivity contribution is 7.15. The van der Waals surface area contributed by atoms with Gasteiger partial charge in [0.05, 0.1) is 0 Å². The SMILES string of the molecule is CCc1ccc(N2C[C@H](c3nnc(NC(=O)c4ccc(NC(C)=O)cc4)s3)CC2=O)cc1. The maximum atomic E-state index is 12.6. The van der Waals surface area contributed by atoms with Gasteiger partial charge < -0.3 is 10.2 Å². The second-order valence-corrected chi connectivity index (χ2v) is 8.59. The predicted octanol–water partition coefficient (Wildman–Crippen LogP) is 3.83. The molecule has 1 aliphatic rings. The minimum absolute atomic E-state index is 0.0549. The van der Waals surface area contributed by atoms with Crippen LogP contribution in [0.1, 0.15) is 47.1 Å². The lowest BCUT2D eigenvalue weighted by molar-refractivity contribution is -0.117. The number of aromatic nitrogens is 2. The Bertz CT molecular complexity index is 1140. The first-order chi connectivity index (χ1) is 15.4. The third kappa shape index (κ3) is 4.83. The number of aryl methyl sites for hydroxylation is 1. The molecule has 2 aromatic carbocycles. The maximum absolute atomic E-state index is 12.6. The summed E-state index contributed by atoms with van der Waals surface area (Å²) in [5.74, 6) is -0.500. The van der Waals surface area contributed by atoms with E-state index in [2.05, 4.69) is 27.8 Å². The van der Waals surface area contributed by atoms with E-state index in [1.54, 1.807) is 29.2 Å². The van der Waals surface area contributed by atoms with Crippen LogP contribution in [-0.4, -0.2) is 34.5 Å². The molecule has 0 bridgehead atoms. The van der Waals surface area contributed by atoms with Crippen molar-refractivity contribution >= 4 is 45.6 Å². The summed E-state index contributed by atoms with van der Waals surface area (Å²) < 4.78 is 0. The molecule has 0 radical (unpaired) electrons. The Morgan fingerprint density at radius 1 is 1.06 bits per heavy atom. The van der Waals surface area contributed by atoms with E-state index in [0.29, 0.717) is 29.3 Å². The summed E-state index contributed by atoms with van der Waals surface area (Å²) in [4.78, 5) is 37.9. The molecule has 1 atom stereocenters. The van der Waals surface area contributed by atoms with Crippen LogP contribution < -0.4 is 15.5 Å². The van der Waals surface area contributed by atoms with Gasteiger partial charge in [0.2, 0.25) is 16.9 Å². The van der Waals surface area contributed by atoms with Gasteiger partial charge >= 0.3 is 0 Å². The fourth-order valence-electron chi connectivity index (χ4n) is 3.56. The lowest BCUT2D eigenvalue weighted by Gasteiger charge is -2.16. The maximum Gasteiger partial charge on any atom is 0.257 e. The number of carbonyl (C=O) groups excluding carboxylic acids is 3. The summed E-state index contributed by atoms with van der Waals surface area (Å²) >= 11 is 1.28. The van der Waals surface area contributed by atoms with E-state index in [0.717, 1.165) is 17.1 Å². The molecule has 8 nitrogen and oxygen atoms in total. The van der Waals surface area contributed by atoms with Crippen molar-refractivity contribution in [1.29, 1.82) is 0 Å². The molecule has 0 saturated carbocycles. The molecule has 2 heterocycles. The molecule has 1 aromatic heterocycles. The van der Waals surface area contributed by atoms with Crippen LogP contribution >= 0.6 is 11.3 Å². The average Bonchev–Trinajstić information content (AvgIpc) is 3.40. The van der Waals surface area contributed by atoms with Crippen LogP contribution in [0.2, 0.25) is 0 Å². The van der Waals surface area contributed by atoms with E-state index in [-0.39, 0.29) is 23.6 Å². The van der Waals surface area contributed by atoms with Crippen LogP contribution in [0.4, 0.5) is 16.5 Å². The molecule has 1 saturated heterocycles. The summed E-state index contributed by atoms with van der Waals surface area (Å²) in [5.41, 5.74) is 3.17. The van der Waals surface area contributed by atoms with Crippen molar-refractivity contribution in [2.45, 2.75) is 32.6 Å². The van der Waals surface area contributed by atoms with Gasteiger partial charge in [-0.1, -0.05) is 30.4 Å². The second kappa shape index (κ2) is 9.27. The largest absolute Gasteiger partial charge is 0.326 e. The van der Waals surface area contributed by atoms with Crippen LogP contribution in [0.5, 0.6) is 0 Å². The van der Waals surface area contributed by atoms with E-state index in [1.165, 1.54) is 23.8 Å². The average molecular weight is 450 g/mol. The number of amides is 3. The van der Waals surface area contributed by atoms with Gasteiger partial charge in [0, 0.05) is 42.7 Å². The summed E-state index contributed by atoms with van der Waals surface area (Å²) in [6.07, 6.45) is 1.32. The van der Waals surface area contributed by atoms with Gasteiger partial charge in [-0.05, 0) is 48.4 Å². The van der Waals surface area contributed by atoms with Gasteiger partial charge in [-0.15, -0.1) is 10.2 Å². The minimum atomic E-state index is -0.317. The molecule has 1 aliphatic heterocycles. The number of carbonyl (C=O) groups is 3. The Labute approximate surface area is 189 Å². The minimum Gasteiger partial charge on any atom is -0.326 e. The van der Waals surface area contributed by atoms with Crippen molar-refractivity contribution in [2.24, 2.45) is 0 Å². The molecule has 1 fully saturated rings. The molecule has 164 valence electrons. The van der Waals surface area contributed by atoms with Crippen LogP contribution in [0.15, 0.2) is 48.5 Å². The molecule has 3 amide bonds. The smallest absolute Gasteiger partial charge is 0.257 e. The lowest BCUT2D eigenvalue weighted by atomic mass is 10.1. The zero-order chi connectivity index (χ0) is 22.7. The molecule has 9 heteroatoms. The zero-order valence-electron chi connectivity index (χ0n) is 17.8. The first-order valence-corrected chi connectivity index (χ1v) is 11.2. The normalized spacial score (nSPS) is 15.6. The Balaban J connectivity index is 1.39. The Morgan fingerprint density at radius 2 is 1.78 bits per heavy atom. The van der Waals surface area contributed by atoms with Gasteiger partial charge in [0.15, 0.2) is 0 Å². The molecule has 32 heavy (non-hydrogen) atoms. The zero-order valence-corrected chi connectivity index (χ0v) is 18.6. The van der Waals surface area contributed by atoms with Crippen molar-refractivity contribution in [3.63, 3.8) is 0 Å². The Morgan fingerprint density at radius 3 is 2.44 bits per heavy atom. The molecule has 0 aliphatic carbocycles. The lowest BCUT2D eigenvalue weighted by Crippen LogP contribution is -2.24. The van der Waals surface area contributed by atoms with Gasteiger partial charge in [0.25, 0.3) is 5.91 Å². The quantitative estimate of drug-likeness (QED) is 0.595. The van der Waals surface area contributed by atoms with E-state index in [1.807, 2.05) is 24.3 Å². The van der Waals surface area contributed by atoms with Crippen molar-refractivity contribution in [2.75, 3.05) is 22.1 Å². The number of anilines is 3. The fraction of sp³-hybridized carbons (Fsp3) is 0.261. The van der Waals surface area contributed by atoms with E-state index >= 15 is 0 Å². The van der Waals surface area contributed by atoms with E-state index in [4.69, 9.17) is 0 Å². The summed E-state index contributed by atoms with van der Waals surface area (Å²) in [5, 5.41) is 14.8. The molecule has 4 rings (SSSR count). The first kappa shape index (κ1) is 21.6. The second-order valence-electron chi connectivity index (χ2n) is 7.58. The van der Waals surface area contributed by atoms with Crippen molar-refractivity contribution in [3.05, 3.63) is 64.7 Å². The van der Waals surface area contributed by atoms with Crippen molar-refractivity contribution < 1.29 is 14.4 Å². The van der Waals surface area contributed by atoms with Gasteiger partial charge in [-0.3, -0.25) is 19.7 Å². The molecule has 3 aromatic rings. The monoisotopic (exact) mass is 449 g/mol. The number of hydrogen-bond acceptors (Lipinski definition) is 6. The third-order valence-electron chi connectivity index (χ3n) is 5.26. The Kier molecular flexibility index (Phi) is 6.27. The topological polar surface area (TPSA) is 104 Å². The summed E-state index contributed by atoms with van der Waals surface area (Å²) in [6, 6.07) is 14.6. The number of benzene rings is 2. The van der Waals surface area contributed by atoms with Gasteiger partial charge in [-0.2, -0.15) is 0 Å². The molecular formula is C23H23N5O3S. The number of nitrogens with zero attached hydrogens (tertiary/aromatic N) is 3. The molecule has 2 N–H and O–H groups in total. The van der Waals surface area contributed by atoms with Crippen molar-refractivity contribution in [3.8, 4) is 0 Å². The number of nitrogens with one attached hydrogen (secondary N) is 2. The van der Waals surface area contributed by atoms with Crippen LogP contribution in [0.3, 0.4) is 0 Å². The summed E-state index contributed by atoms with van der Waals surface area (Å²) in [7, 11) is 0. The van der Waals surface area contributed by atoms with E-state index in [9.17, 15) is 14.4 Å². The highest BCUT2D eigenvalue weighted by atomic mass is 32.1. The van der Waals surface area contributed by atoms with Crippen LogP contribution in [0.25, 0.3) is 0 Å². The van der Waals surface area contributed by atoms with Crippen molar-refractivity contribution in [1.82, 2.24) is 10.2 Å². The predicted molar refractivity (Wildman–Crippen MR) is 124 cm³/mol. The Hall–Kier alpha value is -3.59. The third-order valence-corrected chi connectivity index (χ3v) is 6.26. The number of hydrogen-bond donors (Lipinski definition) is 2. The highest BCUT2D eigenvalue weighted by Gasteiger charge is 2.34. The van der Waals surface area contributed by atoms with E-state index < -0.39 is 0 Å². The van der Waals surface area contributed by atoms with Crippen LogP contribution in [0, 0.1) is 0 Å². The number of rotatable bonds is 6. The van der Waals surface area contributed by atoms with Gasteiger partial charge in [0.1, 0.15) is 5.01 Å². The standard InChI is InChI=1S/C23H23N5O3S/c1-3-15-4-10-19(11-5-15)28-13-17(12-20(28)30)22-26-27-23(32-22)25-21(31)16-6-8-18(9-7-16)24-14(2)29/h4-11,17H,3,12-13H2,1-2H3,(H,24,29)(H,25,27,31)/t17-/m1/s1. The molecule has 0 unspecified atom stereocenters.